The highest BCUT2D eigenvalue weighted by atomic mass is 79.9. The summed E-state index contributed by atoms with van der Waals surface area (Å²) in [5.41, 5.74) is 0.680. The Kier molecular flexibility index (Phi) is 4.94. The van der Waals surface area contributed by atoms with Gasteiger partial charge < -0.3 is 20.8 Å². The largest absolute Gasteiger partial charge is 0.394 e. The van der Waals surface area contributed by atoms with Gasteiger partial charge in [-0.25, -0.2) is 4.79 Å². The minimum absolute atomic E-state index is 0.00318. The first-order valence-electron chi connectivity index (χ1n) is 6.13. The van der Waals surface area contributed by atoms with E-state index in [-0.39, 0.29) is 13.2 Å². The third-order valence-corrected chi connectivity index (χ3v) is 3.52. The predicted octanol–water partition coefficient (Wildman–Crippen LogP) is 2.08. The maximum atomic E-state index is 11.7. The Hall–Kier alpha value is -1.63. The summed E-state index contributed by atoms with van der Waals surface area (Å²) in [5, 5.41) is 25.0. The number of carbonyl (C=O) groups is 1. The number of halogens is 1. The molecule has 2 aromatic carbocycles. The van der Waals surface area contributed by atoms with Gasteiger partial charge in [0.25, 0.3) is 0 Å². The molecule has 1 atom stereocenters. The second-order valence-electron chi connectivity index (χ2n) is 4.31. The van der Waals surface area contributed by atoms with E-state index in [1.807, 2.05) is 30.3 Å². The van der Waals surface area contributed by atoms with E-state index in [0.29, 0.717) is 5.69 Å². The number of amides is 2. The van der Waals surface area contributed by atoms with Gasteiger partial charge in [0, 0.05) is 16.4 Å². The second-order valence-corrected chi connectivity index (χ2v) is 5.17. The molecule has 2 aromatic rings. The number of hydrogen-bond donors (Lipinski definition) is 4. The van der Waals surface area contributed by atoms with E-state index in [1.54, 1.807) is 6.07 Å². The second kappa shape index (κ2) is 6.69. The quantitative estimate of drug-likeness (QED) is 0.688. The molecule has 0 saturated carbocycles. The normalized spacial score (nSPS) is 12.2. The van der Waals surface area contributed by atoms with E-state index in [9.17, 15) is 9.90 Å². The number of urea groups is 1. The van der Waals surface area contributed by atoms with E-state index in [0.717, 1.165) is 15.2 Å². The Balaban J connectivity index is 2.14. The van der Waals surface area contributed by atoms with Gasteiger partial charge in [-0.2, -0.15) is 0 Å². The maximum absolute atomic E-state index is 11.7. The van der Waals surface area contributed by atoms with Crippen LogP contribution in [0.15, 0.2) is 40.9 Å². The number of benzene rings is 2. The van der Waals surface area contributed by atoms with Crippen LogP contribution in [0.2, 0.25) is 0 Å². The van der Waals surface area contributed by atoms with Gasteiger partial charge in [-0.3, -0.25) is 0 Å². The maximum Gasteiger partial charge on any atom is 0.319 e. The minimum Gasteiger partial charge on any atom is -0.394 e. The zero-order valence-corrected chi connectivity index (χ0v) is 12.2. The van der Waals surface area contributed by atoms with Crippen molar-refractivity contribution in [1.29, 1.82) is 0 Å². The molecule has 5 nitrogen and oxygen atoms in total. The van der Waals surface area contributed by atoms with Gasteiger partial charge in [0.2, 0.25) is 0 Å². The molecular weight excluding hydrogens is 324 g/mol. The molecule has 0 aliphatic rings. The third kappa shape index (κ3) is 3.47. The van der Waals surface area contributed by atoms with Crippen LogP contribution in [0.1, 0.15) is 0 Å². The van der Waals surface area contributed by atoms with Crippen molar-refractivity contribution >= 4 is 38.4 Å². The molecule has 0 saturated heterocycles. The average Bonchev–Trinajstić information content (AvgIpc) is 2.48. The van der Waals surface area contributed by atoms with Crippen molar-refractivity contribution in [1.82, 2.24) is 5.32 Å². The minimum atomic E-state index is -0.956. The molecule has 0 spiro atoms. The van der Waals surface area contributed by atoms with Crippen molar-refractivity contribution in [2.75, 3.05) is 18.5 Å². The van der Waals surface area contributed by atoms with Crippen LogP contribution in [0.3, 0.4) is 0 Å². The Morgan fingerprint density at radius 3 is 2.60 bits per heavy atom. The molecule has 4 N–H and O–H groups in total. The van der Waals surface area contributed by atoms with Crippen LogP contribution in [0.4, 0.5) is 10.5 Å². The van der Waals surface area contributed by atoms with Gasteiger partial charge >= 0.3 is 6.03 Å². The first kappa shape index (κ1) is 14.8. The molecule has 0 aliphatic carbocycles. The lowest BCUT2D eigenvalue weighted by Crippen LogP contribution is -2.36. The highest BCUT2D eigenvalue weighted by molar-refractivity contribution is 9.10. The van der Waals surface area contributed by atoms with Gasteiger partial charge in [0.1, 0.15) is 0 Å². The van der Waals surface area contributed by atoms with E-state index in [1.165, 1.54) is 0 Å². The topological polar surface area (TPSA) is 81.6 Å². The lowest BCUT2D eigenvalue weighted by atomic mass is 10.1. The molecule has 20 heavy (non-hydrogen) atoms. The fourth-order valence-electron chi connectivity index (χ4n) is 1.81. The molecule has 2 amide bonds. The fourth-order valence-corrected chi connectivity index (χ4v) is 2.29. The van der Waals surface area contributed by atoms with Crippen molar-refractivity contribution < 1.29 is 15.0 Å². The van der Waals surface area contributed by atoms with Gasteiger partial charge in [-0.1, -0.05) is 40.2 Å². The highest BCUT2D eigenvalue weighted by Crippen LogP contribution is 2.29. The number of nitrogens with one attached hydrogen (secondary N) is 2. The average molecular weight is 339 g/mol. The van der Waals surface area contributed by atoms with Crippen molar-refractivity contribution in [3.63, 3.8) is 0 Å². The van der Waals surface area contributed by atoms with Gasteiger partial charge in [0.15, 0.2) is 0 Å². The molecular formula is C14H15BrN2O3. The van der Waals surface area contributed by atoms with Crippen LogP contribution in [0, 0.1) is 0 Å². The summed E-state index contributed by atoms with van der Waals surface area (Å²) in [4.78, 5) is 11.7. The summed E-state index contributed by atoms with van der Waals surface area (Å²) in [6.07, 6.45) is -0.956. The summed E-state index contributed by atoms with van der Waals surface area (Å²) < 4.78 is 0.953. The van der Waals surface area contributed by atoms with Crippen LogP contribution in [0.5, 0.6) is 0 Å². The molecule has 106 valence electrons. The highest BCUT2D eigenvalue weighted by Gasteiger charge is 2.09. The SMILES string of the molecule is O=C(NCC(O)CO)Nc1ccc(Br)c2ccccc12. The molecule has 0 aliphatic heterocycles. The first-order valence-corrected chi connectivity index (χ1v) is 6.92. The molecule has 0 radical (unpaired) electrons. The third-order valence-electron chi connectivity index (χ3n) is 2.83. The molecule has 1 unspecified atom stereocenters. The Morgan fingerprint density at radius 2 is 1.90 bits per heavy atom. The van der Waals surface area contributed by atoms with Crippen LogP contribution < -0.4 is 10.6 Å². The Morgan fingerprint density at radius 1 is 1.20 bits per heavy atom. The lowest BCUT2D eigenvalue weighted by Gasteiger charge is -2.12. The molecule has 0 heterocycles. The number of aliphatic hydroxyl groups excluding tert-OH is 2. The number of carbonyl (C=O) groups excluding carboxylic acids is 1. The number of anilines is 1. The summed E-state index contributed by atoms with van der Waals surface area (Å²) in [6, 6.07) is 10.9. The van der Waals surface area contributed by atoms with E-state index in [4.69, 9.17) is 5.11 Å². The summed E-state index contributed by atoms with van der Waals surface area (Å²) in [7, 11) is 0. The van der Waals surface area contributed by atoms with Gasteiger partial charge in [-0.15, -0.1) is 0 Å². The predicted molar refractivity (Wildman–Crippen MR) is 81.8 cm³/mol. The molecule has 0 fully saturated rings. The van der Waals surface area contributed by atoms with Crippen molar-refractivity contribution in [3.05, 3.63) is 40.9 Å². The summed E-state index contributed by atoms with van der Waals surface area (Å²) in [6.45, 7) is -0.391. The smallest absolute Gasteiger partial charge is 0.319 e. The zero-order valence-electron chi connectivity index (χ0n) is 10.6. The molecule has 6 heteroatoms. The van der Waals surface area contributed by atoms with E-state index < -0.39 is 12.1 Å². The van der Waals surface area contributed by atoms with Crippen LogP contribution >= 0.6 is 15.9 Å². The van der Waals surface area contributed by atoms with E-state index >= 15 is 0 Å². The monoisotopic (exact) mass is 338 g/mol. The Labute approximate surface area is 124 Å². The standard InChI is InChI=1S/C14H15BrN2O3/c15-12-5-6-13(11-4-2-1-3-10(11)12)17-14(20)16-7-9(19)8-18/h1-6,9,18-19H,7-8H2,(H2,16,17,20). The van der Waals surface area contributed by atoms with Crippen molar-refractivity contribution in [3.8, 4) is 0 Å². The number of rotatable bonds is 4. The number of hydrogen-bond acceptors (Lipinski definition) is 3. The fraction of sp³-hybridized carbons (Fsp3) is 0.214. The summed E-state index contributed by atoms with van der Waals surface area (Å²) in [5.74, 6) is 0. The van der Waals surface area contributed by atoms with Crippen molar-refractivity contribution in [2.45, 2.75) is 6.10 Å². The first-order chi connectivity index (χ1) is 9.61. The zero-order chi connectivity index (χ0) is 14.5. The molecule has 0 aromatic heterocycles. The van der Waals surface area contributed by atoms with E-state index in [2.05, 4.69) is 26.6 Å². The molecule has 2 rings (SSSR count). The van der Waals surface area contributed by atoms with Crippen LogP contribution in [0.25, 0.3) is 10.8 Å². The van der Waals surface area contributed by atoms with Gasteiger partial charge in [0.05, 0.1) is 18.4 Å². The molecule has 0 bridgehead atoms. The summed E-state index contributed by atoms with van der Waals surface area (Å²) >= 11 is 3.47. The van der Waals surface area contributed by atoms with Crippen molar-refractivity contribution in [2.24, 2.45) is 0 Å². The van der Waals surface area contributed by atoms with Crippen LogP contribution in [-0.2, 0) is 0 Å². The van der Waals surface area contributed by atoms with Crippen LogP contribution in [-0.4, -0.2) is 35.5 Å². The number of aliphatic hydroxyl groups is 2. The van der Waals surface area contributed by atoms with Gasteiger partial charge in [-0.05, 0) is 17.5 Å². The lowest BCUT2D eigenvalue weighted by molar-refractivity contribution is 0.0965. The number of fused-ring (bicyclic) bond motifs is 1. The Bertz CT molecular complexity index is 618.